The van der Waals surface area contributed by atoms with Gasteiger partial charge in [0.05, 0.1) is 16.9 Å². The van der Waals surface area contributed by atoms with Crippen molar-refractivity contribution in [3.63, 3.8) is 0 Å². The van der Waals surface area contributed by atoms with Crippen molar-refractivity contribution in [2.24, 2.45) is 0 Å². The van der Waals surface area contributed by atoms with Gasteiger partial charge in [-0.15, -0.1) is 0 Å². The molecule has 0 spiro atoms. The molecule has 5 nitrogen and oxygen atoms in total. The second-order valence-electron chi connectivity index (χ2n) is 5.44. The monoisotopic (exact) mass is 337 g/mol. The van der Waals surface area contributed by atoms with Crippen LogP contribution in [0.5, 0.6) is 0 Å². The number of nitrogens with zero attached hydrogens (tertiary/aromatic N) is 2. The summed E-state index contributed by atoms with van der Waals surface area (Å²) < 4.78 is 0.859. The van der Waals surface area contributed by atoms with Crippen LogP contribution in [0, 0.1) is 0 Å². The van der Waals surface area contributed by atoms with Crippen LogP contribution in [0.15, 0.2) is 16.6 Å². The van der Waals surface area contributed by atoms with Gasteiger partial charge >= 0.3 is 0 Å². The fourth-order valence-corrected chi connectivity index (χ4v) is 3.44. The second kappa shape index (κ2) is 4.86. The number of piperazine rings is 1. The molecule has 2 heterocycles. The molecule has 1 aromatic carbocycles. The lowest BCUT2D eigenvalue weighted by Gasteiger charge is -2.40. The lowest BCUT2D eigenvalue weighted by molar-refractivity contribution is -0.112. The number of hydrogen-bond donors (Lipinski definition) is 1. The van der Waals surface area contributed by atoms with Gasteiger partial charge in [-0.1, -0.05) is 0 Å². The first kappa shape index (κ1) is 13.6. The number of fused-ring (bicyclic) bond motifs is 1. The van der Waals surface area contributed by atoms with Crippen molar-refractivity contribution in [1.82, 2.24) is 4.90 Å². The van der Waals surface area contributed by atoms with Gasteiger partial charge in [0.2, 0.25) is 0 Å². The maximum absolute atomic E-state index is 11.7. The minimum Gasteiger partial charge on any atom is -0.365 e. The van der Waals surface area contributed by atoms with Gasteiger partial charge in [-0.25, -0.2) is 0 Å². The highest BCUT2D eigenvalue weighted by Crippen LogP contribution is 2.36. The lowest BCUT2D eigenvalue weighted by Crippen LogP contribution is -2.50. The Labute approximate surface area is 126 Å². The summed E-state index contributed by atoms with van der Waals surface area (Å²) in [4.78, 5) is 27.7. The van der Waals surface area contributed by atoms with Crippen LogP contribution in [0.25, 0.3) is 0 Å². The van der Waals surface area contributed by atoms with E-state index in [1.807, 2.05) is 6.07 Å². The number of benzene rings is 1. The molecule has 1 atom stereocenters. The summed E-state index contributed by atoms with van der Waals surface area (Å²) in [5, 5.41) is 2.63. The topological polar surface area (TPSA) is 52.7 Å². The number of anilines is 2. The molecule has 1 unspecified atom stereocenters. The number of nitrogens with one attached hydrogen (secondary N) is 1. The molecule has 0 aliphatic carbocycles. The Bertz CT molecular complexity index is 602. The molecule has 0 radical (unpaired) electrons. The van der Waals surface area contributed by atoms with Gasteiger partial charge in [0.15, 0.2) is 0 Å². The second-order valence-corrected chi connectivity index (χ2v) is 6.29. The Balaban J connectivity index is 1.98. The Morgan fingerprint density at radius 1 is 1.30 bits per heavy atom. The molecule has 1 saturated heterocycles. The van der Waals surface area contributed by atoms with Crippen LogP contribution in [0.3, 0.4) is 0 Å². The summed E-state index contributed by atoms with van der Waals surface area (Å²) in [6.45, 7) is 5.10. The fourth-order valence-electron chi connectivity index (χ4n) is 2.87. The maximum Gasteiger partial charge on any atom is 0.296 e. The number of carbonyl (C=O) groups is 2. The third kappa shape index (κ3) is 2.13. The maximum atomic E-state index is 11.7. The predicted molar refractivity (Wildman–Crippen MR) is 81.4 cm³/mol. The summed E-state index contributed by atoms with van der Waals surface area (Å²) in [6, 6.07) is 4.02. The highest BCUT2D eigenvalue weighted by molar-refractivity contribution is 9.10. The molecule has 106 valence electrons. The van der Waals surface area contributed by atoms with E-state index in [0.29, 0.717) is 17.3 Å². The van der Waals surface area contributed by atoms with Gasteiger partial charge in [0.25, 0.3) is 11.7 Å². The zero-order valence-corrected chi connectivity index (χ0v) is 13.0. The SMILES string of the molecule is CC1CN(C)CCN1c1cc2c(cc1Br)C(=O)C(=O)N2. The van der Waals surface area contributed by atoms with Crippen LogP contribution in [-0.2, 0) is 4.79 Å². The first-order valence-electron chi connectivity index (χ1n) is 6.62. The number of hydrogen-bond acceptors (Lipinski definition) is 4. The molecule has 3 rings (SSSR count). The van der Waals surface area contributed by atoms with Crippen LogP contribution >= 0.6 is 15.9 Å². The number of amides is 1. The molecule has 2 aliphatic rings. The minimum atomic E-state index is -0.546. The zero-order valence-electron chi connectivity index (χ0n) is 11.4. The molecule has 1 fully saturated rings. The Kier molecular flexibility index (Phi) is 3.30. The van der Waals surface area contributed by atoms with Crippen molar-refractivity contribution in [2.75, 3.05) is 36.9 Å². The molecule has 0 aromatic heterocycles. The molecule has 0 bridgehead atoms. The first-order chi connectivity index (χ1) is 9.47. The summed E-state index contributed by atoms with van der Waals surface area (Å²) in [6.07, 6.45) is 0. The van der Waals surface area contributed by atoms with Gasteiger partial charge in [0, 0.05) is 30.1 Å². The summed E-state index contributed by atoms with van der Waals surface area (Å²) >= 11 is 3.53. The van der Waals surface area contributed by atoms with E-state index in [9.17, 15) is 9.59 Å². The van der Waals surface area contributed by atoms with E-state index in [1.54, 1.807) is 6.07 Å². The number of likely N-dealkylation sites (N-methyl/N-ethyl adjacent to an activating group) is 1. The van der Waals surface area contributed by atoms with Gasteiger partial charge in [-0.05, 0) is 42.0 Å². The van der Waals surface area contributed by atoms with E-state index in [-0.39, 0.29) is 0 Å². The number of rotatable bonds is 1. The Morgan fingerprint density at radius 2 is 2.05 bits per heavy atom. The van der Waals surface area contributed by atoms with Crippen LogP contribution in [0.4, 0.5) is 11.4 Å². The van der Waals surface area contributed by atoms with E-state index < -0.39 is 11.7 Å². The molecule has 6 heteroatoms. The number of halogens is 1. The Morgan fingerprint density at radius 3 is 2.75 bits per heavy atom. The summed E-state index contributed by atoms with van der Waals surface area (Å²) in [7, 11) is 2.12. The van der Waals surface area contributed by atoms with E-state index in [4.69, 9.17) is 0 Å². The van der Waals surface area contributed by atoms with Crippen molar-refractivity contribution in [2.45, 2.75) is 13.0 Å². The third-order valence-corrected chi connectivity index (χ3v) is 4.56. The molecule has 2 aliphatic heterocycles. The van der Waals surface area contributed by atoms with Crippen molar-refractivity contribution in [3.05, 3.63) is 22.2 Å². The molecular formula is C14H16BrN3O2. The van der Waals surface area contributed by atoms with Gasteiger partial charge in [0.1, 0.15) is 0 Å². The third-order valence-electron chi connectivity index (χ3n) is 3.93. The highest BCUT2D eigenvalue weighted by Gasteiger charge is 2.31. The fraction of sp³-hybridized carbons (Fsp3) is 0.429. The summed E-state index contributed by atoms with van der Waals surface area (Å²) in [5.41, 5.74) is 2.09. The molecular weight excluding hydrogens is 322 g/mol. The average molecular weight is 338 g/mol. The van der Waals surface area contributed by atoms with E-state index >= 15 is 0 Å². The molecule has 1 N–H and O–H groups in total. The lowest BCUT2D eigenvalue weighted by atomic mass is 10.1. The predicted octanol–water partition coefficient (Wildman–Crippen LogP) is 1.72. The van der Waals surface area contributed by atoms with Gasteiger partial charge in [-0.2, -0.15) is 0 Å². The summed E-state index contributed by atoms with van der Waals surface area (Å²) in [5.74, 6) is -1.01. The normalized spacial score (nSPS) is 22.9. The van der Waals surface area contributed by atoms with Crippen molar-refractivity contribution in [3.8, 4) is 0 Å². The van der Waals surface area contributed by atoms with Crippen molar-refractivity contribution < 1.29 is 9.59 Å². The highest BCUT2D eigenvalue weighted by atomic mass is 79.9. The Hall–Kier alpha value is -1.40. The first-order valence-corrected chi connectivity index (χ1v) is 7.41. The molecule has 1 amide bonds. The minimum absolute atomic E-state index is 0.385. The molecule has 0 saturated carbocycles. The van der Waals surface area contributed by atoms with E-state index in [1.165, 1.54) is 0 Å². The van der Waals surface area contributed by atoms with Crippen LogP contribution in [-0.4, -0.2) is 49.3 Å². The van der Waals surface area contributed by atoms with Crippen LogP contribution < -0.4 is 10.2 Å². The largest absolute Gasteiger partial charge is 0.365 e. The average Bonchev–Trinajstić information content (AvgIpc) is 2.65. The van der Waals surface area contributed by atoms with Gasteiger partial charge < -0.3 is 15.1 Å². The smallest absolute Gasteiger partial charge is 0.296 e. The van der Waals surface area contributed by atoms with Crippen molar-refractivity contribution in [1.29, 1.82) is 0 Å². The zero-order chi connectivity index (χ0) is 14.4. The van der Waals surface area contributed by atoms with Crippen LogP contribution in [0.2, 0.25) is 0 Å². The van der Waals surface area contributed by atoms with Crippen molar-refractivity contribution >= 4 is 39.0 Å². The van der Waals surface area contributed by atoms with E-state index in [0.717, 1.165) is 29.8 Å². The van der Waals surface area contributed by atoms with Gasteiger partial charge in [-0.3, -0.25) is 9.59 Å². The standard InChI is InChI=1S/C14H16BrN3O2/c1-8-7-17(2)3-4-18(8)12-6-11-9(5-10(12)15)13(19)14(20)16-11/h5-6,8H,3-4,7H2,1-2H3,(H,16,19,20). The number of Topliss-reactive ketones (excluding diaryl/α,β-unsaturated/α-hetero) is 1. The molecule has 20 heavy (non-hydrogen) atoms. The van der Waals surface area contributed by atoms with E-state index in [2.05, 4.69) is 45.0 Å². The quantitative estimate of drug-likeness (QED) is 0.793. The van der Waals surface area contributed by atoms with Crippen LogP contribution in [0.1, 0.15) is 17.3 Å². The number of carbonyl (C=O) groups excluding carboxylic acids is 2. The molecule has 1 aromatic rings. The number of ketones is 1.